The molecule has 0 atom stereocenters. The van der Waals surface area contributed by atoms with Crippen molar-refractivity contribution in [3.63, 3.8) is 0 Å². The van der Waals surface area contributed by atoms with Crippen molar-refractivity contribution >= 4 is 12.0 Å². The van der Waals surface area contributed by atoms with Gasteiger partial charge in [-0.15, -0.1) is 0 Å². The molecule has 0 saturated heterocycles. The fourth-order valence-corrected chi connectivity index (χ4v) is 2.28. The second-order valence-corrected chi connectivity index (χ2v) is 5.42. The number of hydrogen-bond acceptors (Lipinski definition) is 4. The minimum atomic E-state index is -0.460. The van der Waals surface area contributed by atoms with E-state index in [1.165, 1.54) is 12.3 Å². The zero-order valence-corrected chi connectivity index (χ0v) is 13.9. The largest absolute Gasteiger partial charge is 0.467 e. The summed E-state index contributed by atoms with van der Waals surface area (Å²) in [6.45, 7) is 0.224. The lowest BCUT2D eigenvalue weighted by atomic mass is 10.1. The highest BCUT2D eigenvalue weighted by Crippen LogP contribution is 2.22. The molecule has 0 saturated carbocycles. The van der Waals surface area contributed by atoms with Gasteiger partial charge in [-0.2, -0.15) is 5.26 Å². The number of carbonyl (C=O) groups is 1. The molecule has 5 heteroatoms. The van der Waals surface area contributed by atoms with Crippen LogP contribution in [0.1, 0.15) is 11.3 Å². The Kier molecular flexibility index (Phi) is 5.48. The van der Waals surface area contributed by atoms with Crippen LogP contribution in [0.3, 0.4) is 0 Å². The van der Waals surface area contributed by atoms with Gasteiger partial charge in [0.2, 0.25) is 0 Å². The smallest absolute Gasteiger partial charge is 0.262 e. The van der Waals surface area contributed by atoms with E-state index in [0.29, 0.717) is 22.8 Å². The van der Waals surface area contributed by atoms with Crippen LogP contribution in [-0.2, 0) is 11.3 Å². The van der Waals surface area contributed by atoms with Gasteiger partial charge in [0.25, 0.3) is 5.91 Å². The van der Waals surface area contributed by atoms with Crippen LogP contribution in [0.5, 0.6) is 11.5 Å². The molecule has 0 unspecified atom stereocenters. The van der Waals surface area contributed by atoms with Crippen molar-refractivity contribution in [1.29, 1.82) is 5.26 Å². The van der Waals surface area contributed by atoms with E-state index in [1.54, 1.807) is 30.3 Å². The maximum atomic E-state index is 12.2. The second-order valence-electron chi connectivity index (χ2n) is 5.42. The van der Waals surface area contributed by atoms with Gasteiger partial charge in [-0.3, -0.25) is 4.79 Å². The Morgan fingerprint density at radius 1 is 1.08 bits per heavy atom. The van der Waals surface area contributed by atoms with Crippen LogP contribution in [0, 0.1) is 11.3 Å². The summed E-state index contributed by atoms with van der Waals surface area (Å²) in [5.41, 5.74) is 0.705. The predicted molar refractivity (Wildman–Crippen MR) is 97.1 cm³/mol. The van der Waals surface area contributed by atoms with Gasteiger partial charge in [-0.1, -0.05) is 30.3 Å². The zero-order chi connectivity index (χ0) is 18.2. The molecule has 5 nitrogen and oxygen atoms in total. The van der Waals surface area contributed by atoms with Crippen LogP contribution >= 0.6 is 0 Å². The summed E-state index contributed by atoms with van der Waals surface area (Å²) < 4.78 is 10.9. The lowest BCUT2D eigenvalue weighted by Gasteiger charge is -2.06. The fraction of sp³-hybridized carbons (Fsp3) is 0.0476. The lowest BCUT2D eigenvalue weighted by molar-refractivity contribution is -0.117. The van der Waals surface area contributed by atoms with E-state index < -0.39 is 5.91 Å². The molecule has 0 bridgehead atoms. The van der Waals surface area contributed by atoms with Gasteiger partial charge >= 0.3 is 0 Å². The van der Waals surface area contributed by atoms with Crippen molar-refractivity contribution in [3.05, 3.63) is 89.9 Å². The van der Waals surface area contributed by atoms with E-state index in [1.807, 2.05) is 42.5 Å². The van der Waals surface area contributed by atoms with Crippen molar-refractivity contribution < 1.29 is 13.9 Å². The Bertz CT molecular complexity index is 939. The van der Waals surface area contributed by atoms with Crippen LogP contribution in [0.4, 0.5) is 0 Å². The number of nitrogens with zero attached hydrogens (tertiary/aromatic N) is 1. The van der Waals surface area contributed by atoms with Crippen molar-refractivity contribution in [3.8, 4) is 17.6 Å². The SMILES string of the molecule is N#C/C(=C\c1cccc(Oc2ccccc2)c1)C(=O)NCc1ccco1. The molecular formula is C21H16N2O3. The number of carbonyl (C=O) groups excluding carboxylic acids is 1. The first-order valence-corrected chi connectivity index (χ1v) is 8.00. The summed E-state index contributed by atoms with van der Waals surface area (Å²) in [4.78, 5) is 12.2. The van der Waals surface area contributed by atoms with Crippen molar-refractivity contribution in [2.75, 3.05) is 0 Å². The van der Waals surface area contributed by atoms with Crippen LogP contribution in [0.2, 0.25) is 0 Å². The highest BCUT2D eigenvalue weighted by Gasteiger charge is 2.10. The summed E-state index contributed by atoms with van der Waals surface area (Å²) in [5.74, 6) is 1.50. The minimum Gasteiger partial charge on any atom is -0.467 e. The molecule has 1 aromatic heterocycles. The molecule has 0 aliphatic heterocycles. The molecule has 3 rings (SSSR count). The molecular weight excluding hydrogens is 328 g/mol. The average Bonchev–Trinajstić information content (AvgIpc) is 3.19. The maximum absolute atomic E-state index is 12.2. The van der Waals surface area contributed by atoms with E-state index in [0.717, 1.165) is 0 Å². The van der Waals surface area contributed by atoms with Gasteiger partial charge < -0.3 is 14.5 Å². The van der Waals surface area contributed by atoms with Crippen LogP contribution in [-0.4, -0.2) is 5.91 Å². The first-order valence-electron chi connectivity index (χ1n) is 8.00. The fourth-order valence-electron chi connectivity index (χ4n) is 2.28. The quantitative estimate of drug-likeness (QED) is 0.534. The van der Waals surface area contributed by atoms with Gasteiger partial charge in [0.05, 0.1) is 12.8 Å². The molecule has 2 aromatic carbocycles. The summed E-state index contributed by atoms with van der Waals surface area (Å²) in [5, 5.41) is 11.9. The topological polar surface area (TPSA) is 75.3 Å². The van der Waals surface area contributed by atoms with E-state index in [2.05, 4.69) is 5.32 Å². The molecule has 1 heterocycles. The molecule has 0 fully saturated rings. The van der Waals surface area contributed by atoms with Crippen LogP contribution in [0.15, 0.2) is 83.0 Å². The minimum absolute atomic E-state index is 0.00779. The van der Waals surface area contributed by atoms with Gasteiger partial charge in [-0.05, 0) is 48.0 Å². The Balaban J connectivity index is 1.71. The molecule has 0 radical (unpaired) electrons. The molecule has 1 N–H and O–H groups in total. The zero-order valence-electron chi connectivity index (χ0n) is 13.9. The molecule has 26 heavy (non-hydrogen) atoms. The van der Waals surface area contributed by atoms with E-state index in [4.69, 9.17) is 9.15 Å². The Hall–Kier alpha value is -3.78. The second kappa shape index (κ2) is 8.36. The number of furan rings is 1. The Morgan fingerprint density at radius 2 is 1.88 bits per heavy atom. The Morgan fingerprint density at radius 3 is 2.62 bits per heavy atom. The van der Waals surface area contributed by atoms with Crippen molar-refractivity contribution in [2.45, 2.75) is 6.54 Å². The van der Waals surface area contributed by atoms with E-state index >= 15 is 0 Å². The third kappa shape index (κ3) is 4.62. The van der Waals surface area contributed by atoms with Crippen LogP contribution < -0.4 is 10.1 Å². The normalized spacial score (nSPS) is 10.8. The highest BCUT2D eigenvalue weighted by atomic mass is 16.5. The number of nitriles is 1. The molecule has 3 aromatic rings. The van der Waals surface area contributed by atoms with Crippen molar-refractivity contribution in [2.24, 2.45) is 0 Å². The molecule has 1 amide bonds. The van der Waals surface area contributed by atoms with Gasteiger partial charge in [-0.25, -0.2) is 0 Å². The first-order chi connectivity index (χ1) is 12.7. The van der Waals surface area contributed by atoms with Crippen LogP contribution in [0.25, 0.3) is 6.08 Å². The number of nitrogens with one attached hydrogen (secondary N) is 1. The van der Waals surface area contributed by atoms with E-state index in [9.17, 15) is 10.1 Å². The number of para-hydroxylation sites is 1. The predicted octanol–water partition coefficient (Wildman–Crippen LogP) is 4.30. The average molecular weight is 344 g/mol. The highest BCUT2D eigenvalue weighted by molar-refractivity contribution is 6.01. The molecule has 0 spiro atoms. The standard InChI is InChI=1S/C21H16N2O3/c22-14-17(21(24)23-15-20-10-5-11-25-20)12-16-6-4-9-19(13-16)26-18-7-2-1-3-8-18/h1-13H,15H2,(H,23,24)/b17-12+. The molecule has 128 valence electrons. The molecule has 0 aliphatic rings. The Labute approximate surface area is 151 Å². The third-order valence-corrected chi connectivity index (χ3v) is 3.52. The van der Waals surface area contributed by atoms with Crippen molar-refractivity contribution in [1.82, 2.24) is 5.32 Å². The number of benzene rings is 2. The summed E-state index contributed by atoms with van der Waals surface area (Å²) in [7, 11) is 0. The maximum Gasteiger partial charge on any atom is 0.262 e. The summed E-state index contributed by atoms with van der Waals surface area (Å²) in [6, 6.07) is 22.0. The first kappa shape index (κ1) is 17.1. The summed E-state index contributed by atoms with van der Waals surface area (Å²) in [6.07, 6.45) is 3.05. The number of amides is 1. The van der Waals surface area contributed by atoms with E-state index in [-0.39, 0.29) is 12.1 Å². The lowest BCUT2D eigenvalue weighted by Crippen LogP contribution is -2.23. The molecule has 0 aliphatic carbocycles. The third-order valence-electron chi connectivity index (χ3n) is 3.52. The number of ether oxygens (including phenoxy) is 1. The summed E-state index contributed by atoms with van der Waals surface area (Å²) >= 11 is 0. The van der Waals surface area contributed by atoms with Gasteiger partial charge in [0.1, 0.15) is 28.9 Å². The van der Waals surface area contributed by atoms with Gasteiger partial charge in [0.15, 0.2) is 0 Å². The number of hydrogen-bond donors (Lipinski definition) is 1. The monoisotopic (exact) mass is 344 g/mol. The number of rotatable bonds is 6. The van der Waals surface area contributed by atoms with Gasteiger partial charge in [0, 0.05) is 0 Å².